The Balaban J connectivity index is 1.67. The van der Waals surface area contributed by atoms with Gasteiger partial charge >= 0.3 is 0 Å². The topological polar surface area (TPSA) is 34.1 Å². The summed E-state index contributed by atoms with van der Waals surface area (Å²) in [7, 11) is 1.68. The van der Waals surface area contributed by atoms with E-state index in [9.17, 15) is 4.39 Å². The first-order valence-electron chi connectivity index (χ1n) is 7.42. The minimum absolute atomic E-state index is 0.239. The smallest absolute Gasteiger partial charge is 0.187 e. The van der Waals surface area contributed by atoms with Crippen molar-refractivity contribution in [2.24, 2.45) is 0 Å². The average molecular weight is 326 g/mol. The highest BCUT2D eigenvalue weighted by atomic mass is 32.1. The van der Waals surface area contributed by atoms with Gasteiger partial charge in [0.1, 0.15) is 11.6 Å². The Labute approximate surface area is 137 Å². The number of benzene rings is 2. The normalized spacial score (nSPS) is 12.4. The monoisotopic (exact) mass is 326 g/mol. The van der Waals surface area contributed by atoms with E-state index in [0.717, 1.165) is 35.1 Å². The number of hydrogen-bond donors (Lipinski definition) is 1. The van der Waals surface area contributed by atoms with Crippen molar-refractivity contribution >= 4 is 22.2 Å². The molecule has 0 radical (unpaired) electrons. The molecule has 3 nitrogen and oxygen atoms in total. The molecule has 0 unspecified atom stereocenters. The number of hydrogen-bond acceptors (Lipinski definition) is 4. The Morgan fingerprint density at radius 3 is 2.74 bits per heavy atom. The maximum atomic E-state index is 13.0. The van der Waals surface area contributed by atoms with Crippen LogP contribution in [-0.4, -0.2) is 12.1 Å². The molecule has 116 valence electrons. The Morgan fingerprint density at radius 2 is 1.96 bits per heavy atom. The second kappa shape index (κ2) is 5.66. The Kier molecular flexibility index (Phi) is 3.50. The van der Waals surface area contributed by atoms with Crippen molar-refractivity contribution in [3.63, 3.8) is 0 Å². The van der Waals surface area contributed by atoms with Crippen LogP contribution in [0.2, 0.25) is 0 Å². The number of halogens is 1. The molecule has 1 aliphatic rings. The van der Waals surface area contributed by atoms with Crippen LogP contribution in [0, 0.1) is 5.82 Å². The number of ether oxygens (including phenoxy) is 1. The van der Waals surface area contributed by atoms with Crippen molar-refractivity contribution in [2.45, 2.75) is 12.8 Å². The minimum Gasteiger partial charge on any atom is -0.497 e. The third-order valence-corrected chi connectivity index (χ3v) is 5.01. The first kappa shape index (κ1) is 14.2. The maximum absolute atomic E-state index is 13.0. The van der Waals surface area contributed by atoms with Gasteiger partial charge in [0.25, 0.3) is 0 Å². The summed E-state index contributed by atoms with van der Waals surface area (Å²) >= 11 is 1.66. The zero-order valence-electron chi connectivity index (χ0n) is 12.6. The fourth-order valence-electron chi connectivity index (χ4n) is 2.82. The van der Waals surface area contributed by atoms with Gasteiger partial charge in [-0.2, -0.15) is 0 Å². The second-order valence-corrected chi connectivity index (χ2v) is 6.53. The van der Waals surface area contributed by atoms with Gasteiger partial charge in [0.2, 0.25) is 0 Å². The number of thiazole rings is 1. The van der Waals surface area contributed by atoms with Gasteiger partial charge in [-0.05, 0) is 60.9 Å². The predicted octanol–water partition coefficient (Wildman–Crippen LogP) is 4.80. The number of fused-ring (bicyclic) bond motifs is 3. The minimum atomic E-state index is -0.239. The molecule has 1 aromatic heterocycles. The molecule has 0 aliphatic heterocycles. The molecule has 2 aromatic carbocycles. The number of nitrogens with one attached hydrogen (secondary N) is 1. The van der Waals surface area contributed by atoms with Crippen LogP contribution >= 0.6 is 11.3 Å². The van der Waals surface area contributed by atoms with Crippen LogP contribution in [0.3, 0.4) is 0 Å². The SMILES string of the molecule is COc1ccc2c(c1)CCc1sc(Nc3ccc(F)cc3)nc1-2. The van der Waals surface area contributed by atoms with Crippen molar-refractivity contribution in [3.8, 4) is 17.0 Å². The lowest BCUT2D eigenvalue weighted by atomic mass is 9.93. The summed E-state index contributed by atoms with van der Waals surface area (Å²) in [5.74, 6) is 0.643. The molecule has 0 bridgehead atoms. The summed E-state index contributed by atoms with van der Waals surface area (Å²) in [6.45, 7) is 0. The Bertz CT molecular complexity index is 858. The molecule has 0 saturated heterocycles. The van der Waals surface area contributed by atoms with E-state index in [1.54, 1.807) is 30.6 Å². The van der Waals surface area contributed by atoms with E-state index < -0.39 is 0 Å². The molecule has 23 heavy (non-hydrogen) atoms. The lowest BCUT2D eigenvalue weighted by molar-refractivity contribution is 0.414. The molecule has 0 atom stereocenters. The highest BCUT2D eigenvalue weighted by Gasteiger charge is 2.21. The number of aromatic nitrogens is 1. The third kappa shape index (κ3) is 2.68. The van der Waals surface area contributed by atoms with E-state index in [0.29, 0.717) is 0 Å². The Hall–Kier alpha value is -2.40. The van der Waals surface area contributed by atoms with E-state index in [2.05, 4.69) is 17.4 Å². The molecule has 1 aliphatic carbocycles. The zero-order valence-corrected chi connectivity index (χ0v) is 13.4. The highest BCUT2D eigenvalue weighted by Crippen LogP contribution is 2.39. The van der Waals surface area contributed by atoms with E-state index >= 15 is 0 Å². The summed E-state index contributed by atoms with van der Waals surface area (Å²) in [6, 6.07) is 12.5. The van der Waals surface area contributed by atoms with Crippen molar-refractivity contribution in [1.29, 1.82) is 0 Å². The quantitative estimate of drug-likeness (QED) is 0.751. The largest absolute Gasteiger partial charge is 0.497 e. The number of rotatable bonds is 3. The van der Waals surface area contributed by atoms with Gasteiger partial charge in [0.15, 0.2) is 5.13 Å². The summed E-state index contributed by atoms with van der Waals surface area (Å²) in [6.07, 6.45) is 1.98. The molecule has 1 heterocycles. The highest BCUT2D eigenvalue weighted by molar-refractivity contribution is 7.16. The van der Waals surface area contributed by atoms with Crippen molar-refractivity contribution in [3.05, 3.63) is 58.7 Å². The van der Waals surface area contributed by atoms with Crippen LogP contribution in [0.25, 0.3) is 11.3 Å². The van der Waals surface area contributed by atoms with Crippen molar-refractivity contribution in [1.82, 2.24) is 4.98 Å². The molecular weight excluding hydrogens is 311 g/mol. The fourth-order valence-corrected chi connectivity index (χ4v) is 3.82. The molecule has 0 spiro atoms. The molecule has 5 heteroatoms. The molecule has 0 amide bonds. The van der Waals surface area contributed by atoms with Gasteiger partial charge in [0, 0.05) is 16.1 Å². The first-order valence-corrected chi connectivity index (χ1v) is 8.24. The van der Waals surface area contributed by atoms with Gasteiger partial charge in [0.05, 0.1) is 12.8 Å². The summed E-state index contributed by atoms with van der Waals surface area (Å²) < 4.78 is 18.3. The van der Waals surface area contributed by atoms with Gasteiger partial charge in [-0.1, -0.05) is 0 Å². The molecule has 4 rings (SSSR count). The average Bonchev–Trinajstić information content (AvgIpc) is 2.99. The third-order valence-electron chi connectivity index (χ3n) is 3.98. The fraction of sp³-hybridized carbons (Fsp3) is 0.167. The predicted molar refractivity (Wildman–Crippen MR) is 91.2 cm³/mol. The Morgan fingerprint density at radius 1 is 1.13 bits per heavy atom. The number of aryl methyl sites for hydroxylation is 2. The maximum Gasteiger partial charge on any atom is 0.187 e. The van der Waals surface area contributed by atoms with Crippen LogP contribution < -0.4 is 10.1 Å². The van der Waals surface area contributed by atoms with Gasteiger partial charge < -0.3 is 10.1 Å². The number of methoxy groups -OCH3 is 1. The van der Waals surface area contributed by atoms with Crippen LogP contribution in [-0.2, 0) is 12.8 Å². The van der Waals surface area contributed by atoms with E-state index in [1.165, 1.54) is 28.1 Å². The number of nitrogens with zero attached hydrogens (tertiary/aromatic N) is 1. The summed E-state index contributed by atoms with van der Waals surface area (Å²) in [5, 5.41) is 4.10. The zero-order chi connectivity index (χ0) is 15.8. The standard InChI is InChI=1S/C18H15FN2OS/c1-22-14-7-8-15-11(10-14)2-9-16-17(15)21-18(23-16)20-13-5-3-12(19)4-6-13/h3-8,10H,2,9H2,1H3,(H,20,21). The van der Waals surface area contributed by atoms with E-state index in [-0.39, 0.29) is 5.82 Å². The first-order chi connectivity index (χ1) is 11.2. The molecular formula is C18H15FN2OS. The van der Waals surface area contributed by atoms with Crippen LogP contribution in [0.1, 0.15) is 10.4 Å². The van der Waals surface area contributed by atoms with Crippen molar-refractivity contribution < 1.29 is 9.13 Å². The molecule has 0 fully saturated rings. The van der Waals surface area contributed by atoms with Crippen molar-refractivity contribution in [2.75, 3.05) is 12.4 Å². The molecule has 1 N–H and O–H groups in total. The summed E-state index contributed by atoms with van der Waals surface area (Å²) in [4.78, 5) is 6.02. The second-order valence-electron chi connectivity index (χ2n) is 5.45. The summed E-state index contributed by atoms with van der Waals surface area (Å²) in [5.41, 5.74) is 4.34. The number of anilines is 2. The lowest BCUT2D eigenvalue weighted by Gasteiger charge is -2.15. The van der Waals surface area contributed by atoms with E-state index in [4.69, 9.17) is 9.72 Å². The van der Waals surface area contributed by atoms with Gasteiger partial charge in [-0.3, -0.25) is 0 Å². The van der Waals surface area contributed by atoms with Gasteiger partial charge in [-0.25, -0.2) is 9.37 Å². The van der Waals surface area contributed by atoms with Gasteiger partial charge in [-0.15, -0.1) is 11.3 Å². The van der Waals surface area contributed by atoms with Crippen LogP contribution in [0.4, 0.5) is 15.2 Å². The molecule has 3 aromatic rings. The van der Waals surface area contributed by atoms with Crippen LogP contribution in [0.5, 0.6) is 5.75 Å². The van der Waals surface area contributed by atoms with E-state index in [1.807, 2.05) is 6.07 Å². The van der Waals surface area contributed by atoms with Crippen LogP contribution in [0.15, 0.2) is 42.5 Å². The lowest BCUT2D eigenvalue weighted by Crippen LogP contribution is -2.02. The molecule has 0 saturated carbocycles.